The Morgan fingerprint density at radius 3 is 2.71 bits per heavy atom. The van der Waals surface area contributed by atoms with Crippen molar-refractivity contribution in [3.8, 4) is 0 Å². The first-order valence-corrected chi connectivity index (χ1v) is 5.57. The standard InChI is InChI=1S/C9H17BN2O5/c11-4-3-8(13)12-7-2-1-6(5-9(14)15)17-10(7)16/h6-7,16H,1-5,11H2,(H,12,13)(H,14,15). The lowest BCUT2D eigenvalue weighted by molar-refractivity contribution is -0.139. The predicted molar refractivity (Wildman–Crippen MR) is 59.9 cm³/mol. The third-order valence-corrected chi connectivity index (χ3v) is 2.60. The smallest absolute Gasteiger partial charge is 0.478 e. The molecule has 8 heteroatoms. The van der Waals surface area contributed by atoms with E-state index in [1.807, 2.05) is 0 Å². The summed E-state index contributed by atoms with van der Waals surface area (Å²) in [7, 11) is -1.16. The molecule has 1 aliphatic rings. The van der Waals surface area contributed by atoms with E-state index < -0.39 is 25.1 Å². The van der Waals surface area contributed by atoms with Crippen molar-refractivity contribution in [2.75, 3.05) is 6.54 Å². The second-order valence-electron chi connectivity index (χ2n) is 4.04. The minimum Gasteiger partial charge on any atom is -0.481 e. The maximum absolute atomic E-state index is 11.3. The van der Waals surface area contributed by atoms with Crippen molar-refractivity contribution in [3.05, 3.63) is 0 Å². The molecule has 0 aromatic carbocycles. The highest BCUT2D eigenvalue weighted by Gasteiger charge is 2.36. The fraction of sp³-hybridized carbons (Fsp3) is 0.778. The summed E-state index contributed by atoms with van der Waals surface area (Å²) in [6, 6.07) is 0. The molecule has 1 rings (SSSR count). The highest BCUT2D eigenvalue weighted by Crippen LogP contribution is 2.18. The lowest BCUT2D eigenvalue weighted by Gasteiger charge is -2.30. The number of rotatable bonds is 5. The summed E-state index contributed by atoms with van der Waals surface area (Å²) in [4.78, 5) is 21.7. The van der Waals surface area contributed by atoms with Crippen molar-refractivity contribution in [2.45, 2.75) is 37.7 Å². The van der Waals surface area contributed by atoms with Crippen molar-refractivity contribution in [1.29, 1.82) is 0 Å². The molecule has 5 N–H and O–H groups in total. The van der Waals surface area contributed by atoms with Crippen molar-refractivity contribution in [3.63, 3.8) is 0 Å². The monoisotopic (exact) mass is 244 g/mol. The zero-order chi connectivity index (χ0) is 12.8. The number of carboxylic acid groups (broad SMARTS) is 1. The average molecular weight is 244 g/mol. The Hall–Kier alpha value is -1.12. The first-order valence-electron chi connectivity index (χ1n) is 5.57. The van der Waals surface area contributed by atoms with Gasteiger partial charge in [-0.25, -0.2) is 0 Å². The Morgan fingerprint density at radius 2 is 2.18 bits per heavy atom. The van der Waals surface area contributed by atoms with Crippen LogP contribution in [0.5, 0.6) is 0 Å². The highest BCUT2D eigenvalue weighted by atomic mass is 16.5. The van der Waals surface area contributed by atoms with Crippen LogP contribution >= 0.6 is 0 Å². The van der Waals surface area contributed by atoms with E-state index in [4.69, 9.17) is 15.5 Å². The summed E-state index contributed by atoms with van der Waals surface area (Å²) in [6.07, 6.45) is 0.555. The first-order chi connectivity index (χ1) is 8.02. The Labute approximate surface area is 99.5 Å². The van der Waals surface area contributed by atoms with Gasteiger partial charge in [0.1, 0.15) is 0 Å². The summed E-state index contributed by atoms with van der Waals surface area (Å²) >= 11 is 0. The van der Waals surface area contributed by atoms with Crippen molar-refractivity contribution < 1.29 is 24.4 Å². The van der Waals surface area contributed by atoms with Gasteiger partial charge in [-0.05, 0) is 12.8 Å². The molecule has 1 fully saturated rings. The van der Waals surface area contributed by atoms with Gasteiger partial charge < -0.3 is 25.8 Å². The van der Waals surface area contributed by atoms with Crippen LogP contribution in [0.1, 0.15) is 25.7 Å². The number of aliphatic carboxylic acids is 1. The normalized spacial score (nSPS) is 24.5. The molecule has 0 aromatic heterocycles. The number of carbonyl (C=O) groups is 2. The molecule has 0 spiro atoms. The lowest BCUT2D eigenvalue weighted by Crippen LogP contribution is -2.53. The number of amides is 1. The van der Waals surface area contributed by atoms with E-state index >= 15 is 0 Å². The van der Waals surface area contributed by atoms with E-state index in [1.165, 1.54) is 0 Å². The molecule has 0 saturated carbocycles. The van der Waals surface area contributed by atoms with Crippen LogP contribution < -0.4 is 11.1 Å². The number of hydrogen-bond donors (Lipinski definition) is 4. The van der Waals surface area contributed by atoms with E-state index in [1.54, 1.807) is 0 Å². The fourth-order valence-electron chi connectivity index (χ4n) is 1.77. The average Bonchev–Trinajstić information content (AvgIpc) is 2.21. The van der Waals surface area contributed by atoms with Crippen LogP contribution in [0.15, 0.2) is 0 Å². The molecule has 0 radical (unpaired) electrons. The molecule has 7 nitrogen and oxygen atoms in total. The van der Waals surface area contributed by atoms with Crippen molar-refractivity contribution in [1.82, 2.24) is 5.32 Å². The molecule has 0 aliphatic carbocycles. The molecule has 0 bridgehead atoms. The first kappa shape index (κ1) is 13.9. The van der Waals surface area contributed by atoms with Gasteiger partial charge in [0.25, 0.3) is 0 Å². The molecule has 1 saturated heterocycles. The van der Waals surface area contributed by atoms with Crippen molar-refractivity contribution >= 4 is 19.0 Å². The SMILES string of the molecule is NCCC(=O)NC1CCC(CC(=O)O)OB1O. The molecule has 17 heavy (non-hydrogen) atoms. The minimum absolute atomic E-state index is 0.138. The zero-order valence-electron chi connectivity index (χ0n) is 9.46. The summed E-state index contributed by atoms with van der Waals surface area (Å²) in [6.45, 7) is 0.247. The van der Waals surface area contributed by atoms with Crippen LogP contribution in [0.3, 0.4) is 0 Å². The maximum Gasteiger partial charge on any atom is 0.478 e. The van der Waals surface area contributed by atoms with Gasteiger partial charge in [-0.15, -0.1) is 0 Å². The van der Waals surface area contributed by atoms with Gasteiger partial charge in [-0.1, -0.05) is 0 Å². The minimum atomic E-state index is -1.16. The summed E-state index contributed by atoms with van der Waals surface area (Å²) in [5.41, 5.74) is 5.23. The topological polar surface area (TPSA) is 122 Å². The molecule has 0 aromatic rings. The number of nitrogens with one attached hydrogen (secondary N) is 1. The molecule has 2 unspecified atom stereocenters. The molecule has 1 amide bonds. The van der Waals surface area contributed by atoms with Crippen LogP contribution in [0.2, 0.25) is 0 Å². The van der Waals surface area contributed by atoms with E-state index in [9.17, 15) is 14.6 Å². The maximum atomic E-state index is 11.3. The second-order valence-corrected chi connectivity index (χ2v) is 4.04. The van der Waals surface area contributed by atoms with Gasteiger partial charge in [0.15, 0.2) is 0 Å². The van der Waals surface area contributed by atoms with Gasteiger partial charge in [0, 0.05) is 13.0 Å². The van der Waals surface area contributed by atoms with Crippen LogP contribution in [0.4, 0.5) is 0 Å². The van der Waals surface area contributed by atoms with Gasteiger partial charge in [0.05, 0.1) is 18.5 Å². The van der Waals surface area contributed by atoms with E-state index in [-0.39, 0.29) is 25.3 Å². The van der Waals surface area contributed by atoms with Gasteiger partial charge in [0.2, 0.25) is 5.91 Å². The summed E-state index contributed by atoms with van der Waals surface area (Å²) < 4.78 is 5.12. The lowest BCUT2D eigenvalue weighted by atomic mass is 9.72. The van der Waals surface area contributed by atoms with Crippen LogP contribution in [0, 0.1) is 0 Å². The van der Waals surface area contributed by atoms with Crippen molar-refractivity contribution in [2.24, 2.45) is 5.73 Å². The Balaban J connectivity index is 2.37. The van der Waals surface area contributed by atoms with Crippen LogP contribution in [-0.4, -0.2) is 47.7 Å². The summed E-state index contributed by atoms with van der Waals surface area (Å²) in [5.74, 6) is -1.69. The highest BCUT2D eigenvalue weighted by molar-refractivity contribution is 6.45. The molecule has 96 valence electrons. The Bertz CT molecular complexity index is 289. The second kappa shape index (κ2) is 6.58. The van der Waals surface area contributed by atoms with Crippen LogP contribution in [-0.2, 0) is 14.2 Å². The third-order valence-electron chi connectivity index (χ3n) is 2.60. The number of carbonyl (C=O) groups excluding carboxylic acids is 1. The predicted octanol–water partition coefficient (Wildman–Crippen LogP) is -1.51. The number of hydrogen-bond acceptors (Lipinski definition) is 5. The molecular weight excluding hydrogens is 227 g/mol. The van der Waals surface area contributed by atoms with E-state index in [0.717, 1.165) is 0 Å². The molecule has 1 heterocycles. The van der Waals surface area contributed by atoms with Gasteiger partial charge >= 0.3 is 13.1 Å². The van der Waals surface area contributed by atoms with Crippen LogP contribution in [0.25, 0.3) is 0 Å². The Morgan fingerprint density at radius 1 is 1.47 bits per heavy atom. The molecular formula is C9H17BN2O5. The number of carboxylic acids is 1. The zero-order valence-corrected chi connectivity index (χ0v) is 9.46. The largest absolute Gasteiger partial charge is 0.481 e. The Kier molecular flexibility index (Phi) is 5.40. The molecule has 2 atom stereocenters. The van der Waals surface area contributed by atoms with Gasteiger partial charge in [-0.2, -0.15) is 0 Å². The quantitative estimate of drug-likeness (QED) is 0.436. The third kappa shape index (κ3) is 4.72. The van der Waals surface area contributed by atoms with E-state index in [2.05, 4.69) is 5.32 Å². The summed E-state index contributed by atoms with van der Waals surface area (Å²) in [5, 5.41) is 20.8. The number of nitrogens with two attached hydrogens (primary N) is 1. The van der Waals surface area contributed by atoms with Gasteiger partial charge in [-0.3, -0.25) is 9.59 Å². The molecule has 1 aliphatic heterocycles. The van der Waals surface area contributed by atoms with E-state index in [0.29, 0.717) is 12.8 Å². The fourth-order valence-corrected chi connectivity index (χ4v) is 1.77.